The van der Waals surface area contributed by atoms with Crippen LogP contribution in [0, 0.1) is 12.8 Å². The Morgan fingerprint density at radius 2 is 2.26 bits per heavy atom. The lowest BCUT2D eigenvalue weighted by Gasteiger charge is -2.28. The third kappa shape index (κ3) is 2.56. The molecule has 1 fully saturated rings. The van der Waals surface area contributed by atoms with Gasteiger partial charge in [0.2, 0.25) is 0 Å². The van der Waals surface area contributed by atoms with Gasteiger partial charge in [-0.2, -0.15) is 5.10 Å². The molecule has 3 rings (SSSR count). The number of anilines is 1. The fraction of sp³-hybridized carbons (Fsp3) is 0.571. The topological polar surface area (TPSA) is 68.2 Å². The molecule has 0 aliphatic heterocycles. The molecule has 0 amide bonds. The van der Waals surface area contributed by atoms with Gasteiger partial charge in [0, 0.05) is 25.0 Å². The zero-order valence-corrected chi connectivity index (χ0v) is 11.3. The summed E-state index contributed by atoms with van der Waals surface area (Å²) in [5.74, 6) is 1.46. The van der Waals surface area contributed by atoms with Crippen LogP contribution in [0.3, 0.4) is 0 Å². The lowest BCUT2D eigenvalue weighted by atomic mass is 9.85. The SMILES string of the molecule is Cc1cc2c(NCC3CCCCC3N)nccn2n1. The Morgan fingerprint density at radius 3 is 3.11 bits per heavy atom. The highest BCUT2D eigenvalue weighted by atomic mass is 15.2. The average molecular weight is 259 g/mol. The number of nitrogens with zero attached hydrogens (tertiary/aromatic N) is 3. The predicted molar refractivity (Wildman–Crippen MR) is 76.1 cm³/mol. The van der Waals surface area contributed by atoms with Crippen LogP contribution >= 0.6 is 0 Å². The maximum atomic E-state index is 6.18. The minimum absolute atomic E-state index is 0.327. The molecule has 0 spiro atoms. The van der Waals surface area contributed by atoms with Crippen molar-refractivity contribution in [2.75, 3.05) is 11.9 Å². The van der Waals surface area contributed by atoms with Gasteiger partial charge >= 0.3 is 0 Å². The zero-order chi connectivity index (χ0) is 13.2. The molecule has 3 N–H and O–H groups in total. The molecular formula is C14H21N5. The van der Waals surface area contributed by atoms with Crippen molar-refractivity contribution in [2.45, 2.75) is 38.6 Å². The maximum Gasteiger partial charge on any atom is 0.152 e. The quantitative estimate of drug-likeness (QED) is 0.884. The van der Waals surface area contributed by atoms with Gasteiger partial charge in [0.25, 0.3) is 0 Å². The molecule has 0 radical (unpaired) electrons. The largest absolute Gasteiger partial charge is 0.368 e. The molecule has 102 valence electrons. The summed E-state index contributed by atoms with van der Waals surface area (Å²) in [6, 6.07) is 2.38. The Morgan fingerprint density at radius 1 is 1.42 bits per heavy atom. The van der Waals surface area contributed by atoms with Gasteiger partial charge in [0.05, 0.1) is 5.69 Å². The first kappa shape index (κ1) is 12.4. The summed E-state index contributed by atoms with van der Waals surface area (Å²) in [6.07, 6.45) is 8.59. The third-order valence-electron chi connectivity index (χ3n) is 4.01. The van der Waals surface area contributed by atoms with Gasteiger partial charge in [-0.25, -0.2) is 9.50 Å². The Balaban J connectivity index is 1.74. The highest BCUT2D eigenvalue weighted by molar-refractivity contribution is 5.67. The first-order chi connectivity index (χ1) is 9.24. The second-order valence-electron chi connectivity index (χ2n) is 5.48. The van der Waals surface area contributed by atoms with Crippen LogP contribution in [0.4, 0.5) is 5.82 Å². The van der Waals surface area contributed by atoms with Crippen LogP contribution < -0.4 is 11.1 Å². The van der Waals surface area contributed by atoms with E-state index in [9.17, 15) is 0 Å². The van der Waals surface area contributed by atoms with Gasteiger partial charge in [0.15, 0.2) is 5.82 Å². The highest BCUT2D eigenvalue weighted by Gasteiger charge is 2.21. The number of nitrogens with one attached hydrogen (secondary N) is 1. The number of aromatic nitrogens is 3. The van der Waals surface area contributed by atoms with Crippen LogP contribution in [-0.2, 0) is 0 Å². The predicted octanol–water partition coefficient (Wildman–Crippen LogP) is 1.97. The molecule has 2 aromatic heterocycles. The third-order valence-corrected chi connectivity index (χ3v) is 4.01. The molecule has 5 nitrogen and oxygen atoms in total. The maximum absolute atomic E-state index is 6.18. The number of fused-ring (bicyclic) bond motifs is 1. The van der Waals surface area contributed by atoms with Gasteiger partial charge in [-0.15, -0.1) is 0 Å². The fourth-order valence-corrected chi connectivity index (χ4v) is 2.90. The molecule has 2 aromatic rings. The summed E-state index contributed by atoms with van der Waals surface area (Å²) in [5, 5.41) is 7.84. The normalized spacial score (nSPS) is 23.7. The lowest BCUT2D eigenvalue weighted by Crippen LogP contribution is -2.37. The van der Waals surface area contributed by atoms with Crippen molar-refractivity contribution in [1.82, 2.24) is 14.6 Å². The standard InChI is InChI=1S/C14H21N5/c1-10-8-13-14(16-6-7-19(13)18-10)17-9-11-4-2-3-5-12(11)15/h6-8,11-12H,2-5,9,15H2,1H3,(H,16,17). The first-order valence-electron chi connectivity index (χ1n) is 7.04. The monoisotopic (exact) mass is 259 g/mol. The zero-order valence-electron chi connectivity index (χ0n) is 11.3. The average Bonchev–Trinajstić information content (AvgIpc) is 2.78. The summed E-state index contributed by atoms with van der Waals surface area (Å²) in [4.78, 5) is 4.42. The number of hydrogen-bond acceptors (Lipinski definition) is 4. The summed E-state index contributed by atoms with van der Waals surface area (Å²) < 4.78 is 1.87. The molecule has 0 bridgehead atoms. The Labute approximate surface area is 113 Å². The van der Waals surface area contributed by atoms with Crippen molar-refractivity contribution in [3.63, 3.8) is 0 Å². The molecule has 5 heteroatoms. The van der Waals surface area contributed by atoms with E-state index in [1.165, 1.54) is 19.3 Å². The van der Waals surface area contributed by atoms with Gasteiger partial charge in [0.1, 0.15) is 5.52 Å². The fourth-order valence-electron chi connectivity index (χ4n) is 2.90. The van der Waals surface area contributed by atoms with Crippen LogP contribution in [-0.4, -0.2) is 27.2 Å². The molecule has 1 aliphatic carbocycles. The molecule has 1 aliphatic rings. The molecular weight excluding hydrogens is 238 g/mol. The molecule has 2 heterocycles. The molecule has 0 aromatic carbocycles. The van der Waals surface area contributed by atoms with Crippen molar-refractivity contribution in [2.24, 2.45) is 11.7 Å². The van der Waals surface area contributed by atoms with Crippen molar-refractivity contribution in [1.29, 1.82) is 0 Å². The second-order valence-corrected chi connectivity index (χ2v) is 5.48. The smallest absolute Gasteiger partial charge is 0.152 e. The number of hydrogen-bond donors (Lipinski definition) is 2. The summed E-state index contributed by atoms with van der Waals surface area (Å²) >= 11 is 0. The van der Waals surface area contributed by atoms with Crippen molar-refractivity contribution in [3.8, 4) is 0 Å². The van der Waals surface area contributed by atoms with Crippen molar-refractivity contribution in [3.05, 3.63) is 24.2 Å². The minimum Gasteiger partial charge on any atom is -0.368 e. The number of aryl methyl sites for hydroxylation is 1. The van der Waals surface area contributed by atoms with E-state index in [-0.39, 0.29) is 0 Å². The van der Waals surface area contributed by atoms with E-state index in [0.717, 1.165) is 30.0 Å². The van der Waals surface area contributed by atoms with Gasteiger partial charge in [-0.05, 0) is 31.7 Å². The molecule has 2 unspecified atom stereocenters. The number of rotatable bonds is 3. The Bertz CT molecular complexity index is 562. The van der Waals surface area contributed by atoms with Crippen molar-refractivity contribution < 1.29 is 0 Å². The van der Waals surface area contributed by atoms with Crippen LogP contribution in [0.1, 0.15) is 31.4 Å². The molecule has 19 heavy (non-hydrogen) atoms. The van der Waals surface area contributed by atoms with E-state index in [1.807, 2.05) is 17.6 Å². The van der Waals surface area contributed by atoms with Crippen LogP contribution in [0.2, 0.25) is 0 Å². The van der Waals surface area contributed by atoms with E-state index in [1.54, 1.807) is 6.20 Å². The lowest BCUT2D eigenvalue weighted by molar-refractivity contribution is 0.321. The summed E-state index contributed by atoms with van der Waals surface area (Å²) in [7, 11) is 0. The number of nitrogens with two attached hydrogens (primary N) is 1. The van der Waals surface area contributed by atoms with Crippen LogP contribution in [0.25, 0.3) is 5.52 Å². The van der Waals surface area contributed by atoms with E-state index in [2.05, 4.69) is 21.5 Å². The first-order valence-corrected chi connectivity index (χ1v) is 7.04. The van der Waals surface area contributed by atoms with Crippen molar-refractivity contribution >= 4 is 11.3 Å². The summed E-state index contributed by atoms with van der Waals surface area (Å²) in [6.45, 7) is 2.89. The van der Waals surface area contributed by atoms with Crippen LogP contribution in [0.15, 0.2) is 18.5 Å². The molecule has 1 saturated carbocycles. The van der Waals surface area contributed by atoms with E-state index < -0.39 is 0 Å². The van der Waals surface area contributed by atoms with E-state index >= 15 is 0 Å². The Hall–Kier alpha value is -1.62. The van der Waals surface area contributed by atoms with E-state index in [0.29, 0.717) is 12.0 Å². The highest BCUT2D eigenvalue weighted by Crippen LogP contribution is 2.24. The van der Waals surface area contributed by atoms with Gasteiger partial charge < -0.3 is 11.1 Å². The Kier molecular flexibility index (Phi) is 3.38. The second kappa shape index (κ2) is 5.17. The van der Waals surface area contributed by atoms with Gasteiger partial charge in [-0.1, -0.05) is 12.8 Å². The van der Waals surface area contributed by atoms with Gasteiger partial charge in [-0.3, -0.25) is 0 Å². The van der Waals surface area contributed by atoms with Crippen LogP contribution in [0.5, 0.6) is 0 Å². The van der Waals surface area contributed by atoms with E-state index in [4.69, 9.17) is 5.73 Å². The molecule has 2 atom stereocenters. The molecule has 0 saturated heterocycles. The minimum atomic E-state index is 0.327. The summed E-state index contributed by atoms with van der Waals surface area (Å²) in [5.41, 5.74) is 8.22.